The lowest BCUT2D eigenvalue weighted by atomic mass is 10.2. The molecule has 0 radical (unpaired) electrons. The summed E-state index contributed by atoms with van der Waals surface area (Å²) in [4.78, 5) is 0.634. The second-order valence-corrected chi connectivity index (χ2v) is 2.98. The predicted molar refractivity (Wildman–Crippen MR) is 45.1 cm³/mol. The van der Waals surface area contributed by atoms with Gasteiger partial charge in [-0.2, -0.15) is 0 Å². The van der Waals surface area contributed by atoms with Gasteiger partial charge >= 0.3 is 6.36 Å². The number of rotatable bonds is 1. The Morgan fingerprint density at radius 2 is 1.92 bits per heavy atom. The third-order valence-corrected chi connectivity index (χ3v) is 1.90. The molecule has 1 aromatic carbocycles. The Bertz CT molecular complexity index is 309. The van der Waals surface area contributed by atoms with E-state index < -0.39 is 6.36 Å². The molecule has 13 heavy (non-hydrogen) atoms. The van der Waals surface area contributed by atoms with E-state index >= 15 is 0 Å². The molecule has 5 heteroatoms. The maximum absolute atomic E-state index is 11.7. The molecular formula is C8H7F3OS. The number of benzene rings is 1. The van der Waals surface area contributed by atoms with E-state index in [1.807, 2.05) is 0 Å². The van der Waals surface area contributed by atoms with Gasteiger partial charge in [0.15, 0.2) is 0 Å². The first kappa shape index (κ1) is 10.2. The average molecular weight is 208 g/mol. The van der Waals surface area contributed by atoms with E-state index in [1.165, 1.54) is 18.2 Å². The van der Waals surface area contributed by atoms with E-state index in [9.17, 15) is 13.2 Å². The van der Waals surface area contributed by atoms with Crippen molar-refractivity contribution in [1.82, 2.24) is 0 Å². The summed E-state index contributed by atoms with van der Waals surface area (Å²) in [5.74, 6) is -0.220. The molecule has 0 unspecified atom stereocenters. The van der Waals surface area contributed by atoms with Gasteiger partial charge in [-0.15, -0.1) is 25.8 Å². The van der Waals surface area contributed by atoms with Crippen LogP contribution in [0.15, 0.2) is 23.1 Å². The first-order chi connectivity index (χ1) is 5.88. The molecule has 0 N–H and O–H groups in total. The molecule has 0 fully saturated rings. The number of ether oxygens (including phenoxy) is 1. The minimum Gasteiger partial charge on any atom is -0.406 e. The van der Waals surface area contributed by atoms with Gasteiger partial charge < -0.3 is 4.74 Å². The van der Waals surface area contributed by atoms with Crippen LogP contribution in [0.3, 0.4) is 0 Å². The van der Waals surface area contributed by atoms with Gasteiger partial charge in [0.2, 0.25) is 0 Å². The van der Waals surface area contributed by atoms with Crippen LogP contribution in [-0.4, -0.2) is 6.36 Å². The normalized spacial score (nSPS) is 11.5. The highest BCUT2D eigenvalue weighted by Gasteiger charge is 2.31. The molecule has 72 valence electrons. The molecule has 0 saturated heterocycles. The molecular weight excluding hydrogens is 201 g/mol. The highest BCUT2D eigenvalue weighted by molar-refractivity contribution is 7.80. The third kappa shape index (κ3) is 3.18. The zero-order valence-electron chi connectivity index (χ0n) is 6.72. The van der Waals surface area contributed by atoms with Crippen LogP contribution in [0.2, 0.25) is 0 Å². The summed E-state index contributed by atoms with van der Waals surface area (Å²) in [6, 6.07) is 3.97. The van der Waals surface area contributed by atoms with Crippen LogP contribution >= 0.6 is 12.6 Å². The first-order valence-corrected chi connectivity index (χ1v) is 3.88. The zero-order chi connectivity index (χ0) is 10.1. The second kappa shape index (κ2) is 3.49. The summed E-state index contributed by atoms with van der Waals surface area (Å²) < 4.78 is 38.9. The van der Waals surface area contributed by atoms with Crippen LogP contribution < -0.4 is 4.74 Å². The van der Waals surface area contributed by atoms with E-state index in [0.717, 1.165) is 0 Å². The molecule has 1 nitrogen and oxygen atoms in total. The molecule has 0 aliphatic carbocycles. The Hall–Kier alpha value is -0.840. The van der Waals surface area contributed by atoms with Crippen molar-refractivity contribution in [2.45, 2.75) is 18.2 Å². The topological polar surface area (TPSA) is 9.23 Å². The fourth-order valence-corrected chi connectivity index (χ4v) is 0.964. The number of aryl methyl sites for hydroxylation is 1. The van der Waals surface area contributed by atoms with Crippen molar-refractivity contribution >= 4 is 12.6 Å². The number of alkyl halides is 3. The summed E-state index contributed by atoms with van der Waals surface area (Å²) in [5.41, 5.74) is 0.644. The van der Waals surface area contributed by atoms with Crippen molar-refractivity contribution in [3.8, 4) is 5.75 Å². The van der Waals surface area contributed by atoms with E-state index in [0.29, 0.717) is 10.5 Å². The second-order valence-electron chi connectivity index (χ2n) is 2.50. The van der Waals surface area contributed by atoms with E-state index in [2.05, 4.69) is 17.4 Å². The summed E-state index contributed by atoms with van der Waals surface area (Å²) in [6.07, 6.45) is -4.63. The molecule has 1 rings (SSSR count). The fourth-order valence-electron chi connectivity index (χ4n) is 0.825. The summed E-state index contributed by atoms with van der Waals surface area (Å²) in [7, 11) is 0. The van der Waals surface area contributed by atoms with Gasteiger partial charge in [-0.3, -0.25) is 0 Å². The zero-order valence-corrected chi connectivity index (χ0v) is 7.62. The van der Waals surface area contributed by atoms with Crippen molar-refractivity contribution in [2.24, 2.45) is 0 Å². The van der Waals surface area contributed by atoms with Gasteiger partial charge in [0, 0.05) is 4.90 Å². The maximum atomic E-state index is 11.7. The molecule has 1 aromatic rings. The number of halogens is 3. The van der Waals surface area contributed by atoms with Gasteiger partial charge in [0.25, 0.3) is 0 Å². The summed E-state index contributed by atoms with van der Waals surface area (Å²) in [6.45, 7) is 1.66. The minimum atomic E-state index is -4.63. The van der Waals surface area contributed by atoms with Gasteiger partial charge in [-0.25, -0.2) is 0 Å². The molecule has 0 heterocycles. The molecule has 0 saturated carbocycles. The molecule has 0 bridgehead atoms. The Labute approximate surface area is 78.9 Å². The molecule has 0 aromatic heterocycles. The van der Waals surface area contributed by atoms with Crippen LogP contribution in [-0.2, 0) is 0 Å². The monoisotopic (exact) mass is 208 g/mol. The van der Waals surface area contributed by atoms with Crippen molar-refractivity contribution in [2.75, 3.05) is 0 Å². The van der Waals surface area contributed by atoms with Crippen LogP contribution in [0.25, 0.3) is 0 Å². The Kier molecular flexibility index (Phi) is 2.75. The quantitative estimate of drug-likeness (QED) is 0.697. The first-order valence-electron chi connectivity index (χ1n) is 3.44. The molecule has 0 aliphatic rings. The number of thiol groups is 1. The third-order valence-electron chi connectivity index (χ3n) is 1.40. The van der Waals surface area contributed by atoms with Crippen molar-refractivity contribution < 1.29 is 17.9 Å². The average Bonchev–Trinajstić information content (AvgIpc) is 1.94. The lowest BCUT2D eigenvalue weighted by Gasteiger charge is -2.09. The molecule has 0 spiro atoms. The standard InChI is InChI=1S/C8H7F3OS/c1-5-4-6(2-3-7(5)13)12-8(9,10)11/h2-4,13H,1H3. The van der Waals surface area contributed by atoms with Crippen LogP contribution in [0.1, 0.15) is 5.56 Å². The summed E-state index contributed by atoms with van der Waals surface area (Å²) in [5, 5.41) is 0. The SMILES string of the molecule is Cc1cc(OC(F)(F)F)ccc1S. The van der Waals surface area contributed by atoms with E-state index in [-0.39, 0.29) is 5.75 Å². The van der Waals surface area contributed by atoms with Crippen molar-refractivity contribution in [3.05, 3.63) is 23.8 Å². The van der Waals surface area contributed by atoms with Gasteiger partial charge in [0.1, 0.15) is 5.75 Å². The summed E-state index contributed by atoms with van der Waals surface area (Å²) >= 11 is 4.02. The highest BCUT2D eigenvalue weighted by atomic mass is 32.1. The molecule has 0 amide bonds. The Morgan fingerprint density at radius 3 is 2.38 bits per heavy atom. The lowest BCUT2D eigenvalue weighted by molar-refractivity contribution is -0.274. The van der Waals surface area contributed by atoms with Crippen LogP contribution in [0.4, 0.5) is 13.2 Å². The van der Waals surface area contributed by atoms with Crippen LogP contribution in [0, 0.1) is 6.92 Å². The van der Waals surface area contributed by atoms with Gasteiger partial charge in [0.05, 0.1) is 0 Å². The molecule has 0 aliphatic heterocycles. The van der Waals surface area contributed by atoms with Crippen molar-refractivity contribution in [1.29, 1.82) is 0 Å². The fraction of sp³-hybridized carbons (Fsp3) is 0.250. The van der Waals surface area contributed by atoms with E-state index in [1.54, 1.807) is 6.92 Å². The smallest absolute Gasteiger partial charge is 0.406 e. The number of hydrogen-bond acceptors (Lipinski definition) is 2. The van der Waals surface area contributed by atoms with E-state index in [4.69, 9.17) is 0 Å². The van der Waals surface area contributed by atoms with Crippen LogP contribution in [0.5, 0.6) is 5.75 Å². The Morgan fingerprint density at radius 1 is 1.31 bits per heavy atom. The minimum absolute atomic E-state index is 0.220. The number of hydrogen-bond donors (Lipinski definition) is 1. The van der Waals surface area contributed by atoms with Gasteiger partial charge in [-0.05, 0) is 30.7 Å². The van der Waals surface area contributed by atoms with Crippen molar-refractivity contribution in [3.63, 3.8) is 0 Å². The highest BCUT2D eigenvalue weighted by Crippen LogP contribution is 2.25. The van der Waals surface area contributed by atoms with Gasteiger partial charge in [-0.1, -0.05) is 0 Å². The largest absolute Gasteiger partial charge is 0.573 e. The predicted octanol–water partition coefficient (Wildman–Crippen LogP) is 3.18. The molecule has 0 atom stereocenters. The maximum Gasteiger partial charge on any atom is 0.573 e. The lowest BCUT2D eigenvalue weighted by Crippen LogP contribution is -2.17. The Balaban J connectivity index is 2.86.